The van der Waals surface area contributed by atoms with E-state index in [0.717, 1.165) is 0 Å². The second kappa shape index (κ2) is 5.69. The van der Waals surface area contributed by atoms with E-state index in [2.05, 4.69) is 0 Å². The first-order valence-electron chi connectivity index (χ1n) is 5.42. The molecule has 0 saturated heterocycles. The molecular formula is C13H10ClNO4. The third-order valence-electron chi connectivity index (χ3n) is 2.46. The lowest BCUT2D eigenvalue weighted by atomic mass is 10.2. The zero-order chi connectivity index (χ0) is 13.8. The summed E-state index contributed by atoms with van der Waals surface area (Å²) < 4.78 is 5.52. The molecule has 0 bridgehead atoms. The van der Waals surface area contributed by atoms with Gasteiger partial charge in [-0.2, -0.15) is 0 Å². The van der Waals surface area contributed by atoms with Gasteiger partial charge in [-0.15, -0.1) is 0 Å². The Bertz CT molecular complexity index is 615. The molecule has 6 heteroatoms. The fourth-order valence-corrected chi connectivity index (χ4v) is 1.70. The summed E-state index contributed by atoms with van der Waals surface area (Å²) in [4.78, 5) is 10.2. The second-order valence-electron chi connectivity index (χ2n) is 3.77. The number of hydrogen-bond donors (Lipinski definition) is 1. The van der Waals surface area contributed by atoms with E-state index < -0.39 is 4.92 Å². The zero-order valence-electron chi connectivity index (χ0n) is 9.75. The fourth-order valence-electron chi connectivity index (χ4n) is 1.54. The molecule has 0 saturated carbocycles. The van der Waals surface area contributed by atoms with Crippen LogP contribution in [0.2, 0.25) is 5.02 Å². The van der Waals surface area contributed by atoms with E-state index in [1.165, 1.54) is 18.2 Å². The van der Waals surface area contributed by atoms with Crippen molar-refractivity contribution in [3.05, 3.63) is 63.2 Å². The average molecular weight is 280 g/mol. The molecule has 5 nitrogen and oxygen atoms in total. The maximum Gasteiger partial charge on any atom is 0.273 e. The van der Waals surface area contributed by atoms with Gasteiger partial charge in [0.1, 0.15) is 11.5 Å². The maximum absolute atomic E-state index is 10.7. The van der Waals surface area contributed by atoms with Gasteiger partial charge < -0.3 is 9.84 Å². The molecule has 19 heavy (non-hydrogen) atoms. The van der Waals surface area contributed by atoms with Crippen molar-refractivity contribution < 1.29 is 14.8 Å². The summed E-state index contributed by atoms with van der Waals surface area (Å²) in [5.74, 6) is 0.682. The summed E-state index contributed by atoms with van der Waals surface area (Å²) in [7, 11) is 0. The Hall–Kier alpha value is -2.11. The number of nitro groups is 1. The molecule has 98 valence electrons. The average Bonchev–Trinajstić information content (AvgIpc) is 2.39. The molecule has 1 N–H and O–H groups in total. The molecule has 0 amide bonds. The Morgan fingerprint density at radius 3 is 2.74 bits per heavy atom. The van der Waals surface area contributed by atoms with Crippen LogP contribution < -0.4 is 4.74 Å². The largest absolute Gasteiger partial charge is 0.457 e. The molecule has 0 aliphatic heterocycles. The van der Waals surface area contributed by atoms with Crippen LogP contribution in [0.4, 0.5) is 5.69 Å². The predicted molar refractivity (Wildman–Crippen MR) is 70.5 cm³/mol. The SMILES string of the molecule is O=[N+]([O-])c1cccc(Oc2cc(Cl)ccc2CO)c1. The third kappa shape index (κ3) is 3.21. The van der Waals surface area contributed by atoms with Gasteiger partial charge in [0, 0.05) is 16.7 Å². The first kappa shape index (κ1) is 13.3. The minimum atomic E-state index is -0.502. The van der Waals surface area contributed by atoms with Gasteiger partial charge in [-0.3, -0.25) is 10.1 Å². The molecule has 0 aliphatic carbocycles. The molecule has 2 aromatic carbocycles. The van der Waals surface area contributed by atoms with E-state index in [4.69, 9.17) is 16.3 Å². The highest BCUT2D eigenvalue weighted by atomic mass is 35.5. The predicted octanol–water partition coefficient (Wildman–Crippen LogP) is 3.53. The lowest BCUT2D eigenvalue weighted by Crippen LogP contribution is -1.93. The summed E-state index contributed by atoms with van der Waals surface area (Å²) >= 11 is 5.85. The van der Waals surface area contributed by atoms with Crippen molar-refractivity contribution in [3.8, 4) is 11.5 Å². The number of non-ortho nitro benzene ring substituents is 1. The number of aliphatic hydroxyl groups excluding tert-OH is 1. The first-order valence-corrected chi connectivity index (χ1v) is 5.79. The van der Waals surface area contributed by atoms with Crippen molar-refractivity contribution in [1.82, 2.24) is 0 Å². The molecular weight excluding hydrogens is 270 g/mol. The minimum Gasteiger partial charge on any atom is -0.457 e. The van der Waals surface area contributed by atoms with Crippen molar-refractivity contribution in [2.75, 3.05) is 0 Å². The number of aliphatic hydroxyl groups is 1. The highest BCUT2D eigenvalue weighted by Gasteiger charge is 2.09. The summed E-state index contributed by atoms with van der Waals surface area (Å²) in [6.07, 6.45) is 0. The van der Waals surface area contributed by atoms with Crippen LogP contribution in [0.5, 0.6) is 11.5 Å². The number of ether oxygens (including phenoxy) is 1. The van der Waals surface area contributed by atoms with Crippen LogP contribution in [0.15, 0.2) is 42.5 Å². The number of benzene rings is 2. The van der Waals surface area contributed by atoms with Gasteiger partial charge in [-0.25, -0.2) is 0 Å². The quantitative estimate of drug-likeness (QED) is 0.686. The number of rotatable bonds is 4. The molecule has 0 atom stereocenters. The van der Waals surface area contributed by atoms with Crippen LogP contribution in [0.3, 0.4) is 0 Å². The van der Waals surface area contributed by atoms with Crippen molar-refractivity contribution >= 4 is 17.3 Å². The van der Waals surface area contributed by atoms with E-state index in [1.807, 2.05) is 0 Å². The molecule has 0 aromatic heterocycles. The number of hydrogen-bond acceptors (Lipinski definition) is 4. The van der Waals surface area contributed by atoms with E-state index in [0.29, 0.717) is 22.1 Å². The zero-order valence-corrected chi connectivity index (χ0v) is 10.5. The Morgan fingerprint density at radius 2 is 2.05 bits per heavy atom. The Labute approximate surface area is 114 Å². The number of halogens is 1. The van der Waals surface area contributed by atoms with Gasteiger partial charge in [0.2, 0.25) is 0 Å². The lowest BCUT2D eigenvalue weighted by molar-refractivity contribution is -0.384. The highest BCUT2D eigenvalue weighted by molar-refractivity contribution is 6.30. The van der Waals surface area contributed by atoms with Gasteiger partial charge in [0.25, 0.3) is 5.69 Å². The summed E-state index contributed by atoms with van der Waals surface area (Å²) in [6.45, 7) is -0.207. The van der Waals surface area contributed by atoms with Gasteiger partial charge >= 0.3 is 0 Å². The van der Waals surface area contributed by atoms with Gasteiger partial charge in [0.05, 0.1) is 17.6 Å². The summed E-state index contributed by atoms with van der Waals surface area (Å²) in [6, 6.07) is 10.6. The van der Waals surface area contributed by atoms with Crippen molar-refractivity contribution in [1.29, 1.82) is 0 Å². The highest BCUT2D eigenvalue weighted by Crippen LogP contribution is 2.30. The van der Waals surface area contributed by atoms with Crippen LogP contribution in [0.1, 0.15) is 5.56 Å². The second-order valence-corrected chi connectivity index (χ2v) is 4.20. The third-order valence-corrected chi connectivity index (χ3v) is 2.69. The maximum atomic E-state index is 10.7. The van der Waals surface area contributed by atoms with Gasteiger partial charge in [-0.1, -0.05) is 23.7 Å². The van der Waals surface area contributed by atoms with Crippen LogP contribution in [0, 0.1) is 10.1 Å². The lowest BCUT2D eigenvalue weighted by Gasteiger charge is -2.09. The van der Waals surface area contributed by atoms with E-state index in [1.54, 1.807) is 24.3 Å². The summed E-state index contributed by atoms with van der Waals surface area (Å²) in [5, 5.41) is 20.3. The molecule has 2 rings (SSSR count). The first-order chi connectivity index (χ1) is 9.10. The normalized spacial score (nSPS) is 10.2. The van der Waals surface area contributed by atoms with Crippen LogP contribution >= 0.6 is 11.6 Å². The molecule has 0 fully saturated rings. The standard InChI is InChI=1S/C13H10ClNO4/c14-10-5-4-9(8-16)13(6-10)19-12-3-1-2-11(7-12)15(17)18/h1-7,16H,8H2. The smallest absolute Gasteiger partial charge is 0.273 e. The number of nitro benzene ring substituents is 1. The number of nitrogens with zero attached hydrogens (tertiary/aromatic N) is 1. The summed E-state index contributed by atoms with van der Waals surface area (Å²) in [5.41, 5.74) is 0.487. The van der Waals surface area contributed by atoms with Crippen molar-refractivity contribution in [2.24, 2.45) is 0 Å². The van der Waals surface area contributed by atoms with E-state index in [-0.39, 0.29) is 12.3 Å². The van der Waals surface area contributed by atoms with Crippen molar-refractivity contribution in [2.45, 2.75) is 6.61 Å². The van der Waals surface area contributed by atoms with Gasteiger partial charge in [0.15, 0.2) is 0 Å². The van der Waals surface area contributed by atoms with E-state index in [9.17, 15) is 15.2 Å². The molecule has 0 spiro atoms. The van der Waals surface area contributed by atoms with Crippen molar-refractivity contribution in [3.63, 3.8) is 0 Å². The molecule has 0 aliphatic rings. The van der Waals surface area contributed by atoms with E-state index >= 15 is 0 Å². The molecule has 0 radical (unpaired) electrons. The minimum absolute atomic E-state index is 0.0647. The monoisotopic (exact) mass is 279 g/mol. The fraction of sp³-hybridized carbons (Fsp3) is 0.0769. The molecule has 0 unspecified atom stereocenters. The topological polar surface area (TPSA) is 72.6 Å². The van der Waals surface area contributed by atoms with Crippen LogP contribution in [-0.2, 0) is 6.61 Å². The van der Waals surface area contributed by atoms with Gasteiger partial charge in [-0.05, 0) is 18.2 Å². The Kier molecular flexibility index (Phi) is 3.99. The van der Waals surface area contributed by atoms with Crippen LogP contribution in [0.25, 0.3) is 0 Å². The Balaban J connectivity index is 2.33. The molecule has 2 aromatic rings. The Morgan fingerprint density at radius 1 is 1.26 bits per heavy atom. The molecule has 0 heterocycles. The van der Waals surface area contributed by atoms with Crippen LogP contribution in [-0.4, -0.2) is 10.0 Å².